The van der Waals surface area contributed by atoms with Crippen molar-refractivity contribution in [3.05, 3.63) is 28.0 Å². The van der Waals surface area contributed by atoms with Crippen LogP contribution in [0.3, 0.4) is 0 Å². The summed E-state index contributed by atoms with van der Waals surface area (Å²) in [6.45, 7) is 0.987. The number of phenols is 1. The van der Waals surface area contributed by atoms with E-state index in [0.717, 1.165) is 19.4 Å². The first-order valence-electron chi connectivity index (χ1n) is 5.07. The van der Waals surface area contributed by atoms with E-state index in [4.69, 9.17) is 0 Å². The van der Waals surface area contributed by atoms with E-state index >= 15 is 0 Å². The van der Waals surface area contributed by atoms with Crippen LogP contribution in [0.5, 0.6) is 5.75 Å². The largest absolute Gasteiger partial charge is 0.508 e. The molecule has 0 radical (unpaired) electrons. The standard InChI is InChI=1S/C11H13BrFNO/c12-9-3-4-10(15)8(11(9)13)6-7-2-1-5-14-7/h3-4,7,14-15H,1-2,5-6H2. The summed E-state index contributed by atoms with van der Waals surface area (Å²) < 4.78 is 14.1. The highest BCUT2D eigenvalue weighted by Gasteiger charge is 2.19. The average molecular weight is 274 g/mol. The van der Waals surface area contributed by atoms with Crippen LogP contribution in [-0.4, -0.2) is 17.7 Å². The van der Waals surface area contributed by atoms with E-state index in [-0.39, 0.29) is 11.6 Å². The molecule has 0 aliphatic carbocycles. The Morgan fingerprint density at radius 2 is 2.33 bits per heavy atom. The molecule has 4 heteroatoms. The molecular weight excluding hydrogens is 261 g/mol. The van der Waals surface area contributed by atoms with Crippen molar-refractivity contribution in [1.29, 1.82) is 0 Å². The predicted octanol–water partition coefficient (Wildman–Crippen LogP) is 2.59. The smallest absolute Gasteiger partial charge is 0.144 e. The molecule has 1 aromatic carbocycles. The lowest BCUT2D eigenvalue weighted by atomic mass is 10.0. The number of benzene rings is 1. The summed E-state index contributed by atoms with van der Waals surface area (Å²) in [6, 6.07) is 3.34. The van der Waals surface area contributed by atoms with Crippen molar-refractivity contribution >= 4 is 15.9 Å². The fourth-order valence-corrected chi connectivity index (χ4v) is 2.33. The molecule has 82 valence electrons. The van der Waals surface area contributed by atoms with Crippen LogP contribution in [0.1, 0.15) is 18.4 Å². The molecule has 1 aromatic rings. The Labute approximate surface area is 96.6 Å². The zero-order valence-electron chi connectivity index (χ0n) is 8.26. The minimum absolute atomic E-state index is 0.0457. The van der Waals surface area contributed by atoms with Crippen molar-refractivity contribution in [2.45, 2.75) is 25.3 Å². The summed E-state index contributed by atoms with van der Waals surface area (Å²) in [6.07, 6.45) is 2.73. The van der Waals surface area contributed by atoms with Crippen LogP contribution in [0.2, 0.25) is 0 Å². The lowest BCUT2D eigenvalue weighted by molar-refractivity contribution is 0.449. The Balaban J connectivity index is 2.22. The number of rotatable bonds is 2. The highest BCUT2D eigenvalue weighted by molar-refractivity contribution is 9.10. The number of aromatic hydroxyl groups is 1. The highest BCUT2D eigenvalue weighted by Crippen LogP contribution is 2.28. The van der Waals surface area contributed by atoms with E-state index in [1.807, 2.05) is 0 Å². The number of nitrogens with one attached hydrogen (secondary N) is 1. The molecule has 1 heterocycles. The van der Waals surface area contributed by atoms with Crippen molar-refractivity contribution in [3.63, 3.8) is 0 Å². The van der Waals surface area contributed by atoms with Crippen LogP contribution in [-0.2, 0) is 6.42 Å². The second kappa shape index (κ2) is 4.49. The molecule has 0 amide bonds. The van der Waals surface area contributed by atoms with Crippen LogP contribution >= 0.6 is 15.9 Å². The van der Waals surface area contributed by atoms with Gasteiger partial charge in [-0.2, -0.15) is 0 Å². The molecule has 1 atom stereocenters. The van der Waals surface area contributed by atoms with Gasteiger partial charge in [-0.1, -0.05) is 0 Å². The fraction of sp³-hybridized carbons (Fsp3) is 0.455. The van der Waals surface area contributed by atoms with E-state index in [0.29, 0.717) is 22.5 Å². The molecule has 0 spiro atoms. The van der Waals surface area contributed by atoms with E-state index in [9.17, 15) is 9.50 Å². The Hall–Kier alpha value is -0.610. The van der Waals surface area contributed by atoms with E-state index in [1.165, 1.54) is 12.1 Å². The van der Waals surface area contributed by atoms with Gasteiger partial charge in [0.1, 0.15) is 11.6 Å². The Morgan fingerprint density at radius 3 is 3.00 bits per heavy atom. The van der Waals surface area contributed by atoms with E-state index in [2.05, 4.69) is 21.2 Å². The van der Waals surface area contributed by atoms with Gasteiger partial charge < -0.3 is 10.4 Å². The van der Waals surface area contributed by atoms with Gasteiger partial charge in [-0.15, -0.1) is 0 Å². The van der Waals surface area contributed by atoms with Crippen molar-refractivity contribution in [1.82, 2.24) is 5.32 Å². The maximum Gasteiger partial charge on any atom is 0.144 e. The zero-order chi connectivity index (χ0) is 10.8. The van der Waals surface area contributed by atoms with Gasteiger partial charge in [0, 0.05) is 11.6 Å². The third kappa shape index (κ3) is 2.32. The number of hydrogen-bond donors (Lipinski definition) is 2. The summed E-state index contributed by atoms with van der Waals surface area (Å²) in [5.41, 5.74) is 0.406. The normalized spacial score (nSPS) is 20.8. The number of halogens is 2. The molecule has 0 saturated carbocycles. The van der Waals surface area contributed by atoms with Gasteiger partial charge in [-0.05, 0) is 53.9 Å². The minimum Gasteiger partial charge on any atom is -0.508 e. The van der Waals surface area contributed by atoms with Crippen molar-refractivity contribution in [2.75, 3.05) is 6.54 Å². The maximum absolute atomic E-state index is 13.7. The number of hydrogen-bond acceptors (Lipinski definition) is 2. The molecule has 1 aliphatic heterocycles. The summed E-state index contributed by atoms with van der Waals surface area (Å²) in [7, 11) is 0. The molecule has 1 aliphatic rings. The zero-order valence-corrected chi connectivity index (χ0v) is 9.85. The molecular formula is C11H13BrFNO. The second-order valence-electron chi connectivity index (χ2n) is 3.86. The van der Waals surface area contributed by atoms with Gasteiger partial charge >= 0.3 is 0 Å². The second-order valence-corrected chi connectivity index (χ2v) is 4.71. The quantitative estimate of drug-likeness (QED) is 0.868. The summed E-state index contributed by atoms with van der Waals surface area (Å²) in [4.78, 5) is 0. The third-order valence-corrected chi connectivity index (χ3v) is 3.40. The van der Waals surface area contributed by atoms with Crippen molar-refractivity contribution < 1.29 is 9.50 Å². The van der Waals surface area contributed by atoms with Gasteiger partial charge in [-0.3, -0.25) is 0 Å². The molecule has 0 bridgehead atoms. The van der Waals surface area contributed by atoms with E-state index < -0.39 is 0 Å². The molecule has 0 aromatic heterocycles. The monoisotopic (exact) mass is 273 g/mol. The van der Waals surface area contributed by atoms with E-state index in [1.54, 1.807) is 0 Å². The van der Waals surface area contributed by atoms with Crippen LogP contribution < -0.4 is 5.32 Å². The molecule has 1 unspecified atom stereocenters. The minimum atomic E-state index is -0.344. The summed E-state index contributed by atoms with van der Waals surface area (Å²) in [5.74, 6) is -0.298. The fourth-order valence-electron chi connectivity index (χ4n) is 1.95. The lowest BCUT2D eigenvalue weighted by Crippen LogP contribution is -2.24. The highest BCUT2D eigenvalue weighted by atomic mass is 79.9. The number of phenolic OH excluding ortho intramolecular Hbond substituents is 1. The van der Waals surface area contributed by atoms with Gasteiger partial charge in [-0.25, -0.2) is 4.39 Å². The first-order valence-corrected chi connectivity index (χ1v) is 5.87. The lowest BCUT2D eigenvalue weighted by Gasteiger charge is -2.12. The SMILES string of the molecule is Oc1ccc(Br)c(F)c1CC1CCCN1. The van der Waals surface area contributed by atoms with Crippen LogP contribution in [0.15, 0.2) is 16.6 Å². The molecule has 1 saturated heterocycles. The summed E-state index contributed by atoms with van der Waals surface area (Å²) in [5, 5.41) is 12.9. The van der Waals surface area contributed by atoms with Crippen LogP contribution in [0.25, 0.3) is 0 Å². The summed E-state index contributed by atoms with van der Waals surface area (Å²) >= 11 is 3.12. The molecule has 2 nitrogen and oxygen atoms in total. The Bertz CT molecular complexity index is 364. The molecule has 2 N–H and O–H groups in total. The topological polar surface area (TPSA) is 32.3 Å². The first-order chi connectivity index (χ1) is 7.18. The Kier molecular flexibility index (Phi) is 3.26. The van der Waals surface area contributed by atoms with Gasteiger partial charge in [0.05, 0.1) is 4.47 Å². The van der Waals surface area contributed by atoms with Gasteiger partial charge in [0.15, 0.2) is 0 Å². The van der Waals surface area contributed by atoms with Crippen molar-refractivity contribution in [3.8, 4) is 5.75 Å². The predicted molar refractivity (Wildman–Crippen MR) is 60.5 cm³/mol. The maximum atomic E-state index is 13.7. The Morgan fingerprint density at radius 1 is 1.53 bits per heavy atom. The molecule has 15 heavy (non-hydrogen) atoms. The average Bonchev–Trinajstić information content (AvgIpc) is 2.71. The van der Waals surface area contributed by atoms with Crippen LogP contribution in [0.4, 0.5) is 4.39 Å². The first kappa shape index (κ1) is 10.9. The molecule has 1 fully saturated rings. The van der Waals surface area contributed by atoms with Crippen molar-refractivity contribution in [2.24, 2.45) is 0 Å². The van der Waals surface area contributed by atoms with Gasteiger partial charge in [0.25, 0.3) is 0 Å². The molecule has 2 rings (SSSR count). The van der Waals surface area contributed by atoms with Gasteiger partial charge in [0.2, 0.25) is 0 Å². The van der Waals surface area contributed by atoms with Crippen LogP contribution in [0, 0.1) is 5.82 Å². The third-order valence-electron chi connectivity index (χ3n) is 2.78.